The molecule has 0 saturated heterocycles. The second-order valence-electron chi connectivity index (χ2n) is 3.03. The van der Waals surface area contributed by atoms with Crippen LogP contribution in [0.15, 0.2) is 18.3 Å². The van der Waals surface area contributed by atoms with E-state index in [1.807, 2.05) is 0 Å². The fourth-order valence-corrected chi connectivity index (χ4v) is 0.883. The highest BCUT2D eigenvalue weighted by molar-refractivity contribution is 5.92. The fraction of sp³-hybridized carbons (Fsp3) is 0.333. The molecule has 0 bridgehead atoms. The number of nitrogens with zero attached hydrogens (tertiary/aromatic N) is 1. The van der Waals surface area contributed by atoms with Gasteiger partial charge in [-0.15, -0.1) is 0 Å². The molecule has 14 heavy (non-hydrogen) atoms. The molecular formula is C9H13N3O2. The molecule has 5 nitrogen and oxygen atoms in total. The number of nitrogens with one attached hydrogen (secondary N) is 1. The zero-order chi connectivity index (χ0) is 10.6. The first-order valence-corrected chi connectivity index (χ1v) is 4.26. The Kier molecular flexibility index (Phi) is 3.41. The van der Waals surface area contributed by atoms with Crippen LogP contribution in [0.5, 0.6) is 0 Å². The number of carbonyl (C=O) groups excluding carboxylic acids is 1. The van der Waals surface area contributed by atoms with Crippen LogP contribution in [0.2, 0.25) is 0 Å². The molecule has 0 fully saturated rings. The molecule has 1 aromatic heterocycles. The molecular weight excluding hydrogens is 182 g/mol. The molecule has 4 N–H and O–H groups in total. The Bertz CT molecular complexity index is 310. The van der Waals surface area contributed by atoms with E-state index in [0.717, 1.165) is 0 Å². The second-order valence-corrected chi connectivity index (χ2v) is 3.03. The first-order valence-electron chi connectivity index (χ1n) is 4.26. The minimum absolute atomic E-state index is 0.0965. The van der Waals surface area contributed by atoms with Crippen molar-refractivity contribution in [2.45, 2.75) is 13.0 Å². The van der Waals surface area contributed by atoms with Crippen molar-refractivity contribution in [3.05, 3.63) is 24.0 Å². The molecule has 76 valence electrons. The van der Waals surface area contributed by atoms with Crippen molar-refractivity contribution in [3.63, 3.8) is 0 Å². The van der Waals surface area contributed by atoms with Gasteiger partial charge in [0.1, 0.15) is 5.69 Å². The highest BCUT2D eigenvalue weighted by atomic mass is 16.3. The van der Waals surface area contributed by atoms with Crippen molar-refractivity contribution in [2.24, 2.45) is 0 Å². The predicted octanol–water partition coefficient (Wildman–Crippen LogP) is -0.226. The lowest BCUT2D eigenvalue weighted by Crippen LogP contribution is -2.35. The number of pyridine rings is 1. The standard InChI is InChI=1S/C9H13N3O2/c1-6(5-13)12-9(14)8-3-2-7(10)4-11-8/h2-4,6,13H,5,10H2,1H3,(H,12,14). The number of aliphatic hydroxyl groups excluding tert-OH is 1. The van der Waals surface area contributed by atoms with E-state index in [1.54, 1.807) is 13.0 Å². The molecule has 1 heterocycles. The third-order valence-corrected chi connectivity index (χ3v) is 1.67. The third-order valence-electron chi connectivity index (χ3n) is 1.67. The van der Waals surface area contributed by atoms with Gasteiger partial charge in [-0.05, 0) is 19.1 Å². The normalized spacial score (nSPS) is 12.1. The topological polar surface area (TPSA) is 88.2 Å². The summed E-state index contributed by atoms with van der Waals surface area (Å²) in [7, 11) is 0. The van der Waals surface area contributed by atoms with E-state index in [1.165, 1.54) is 12.3 Å². The average molecular weight is 195 g/mol. The maximum absolute atomic E-state index is 11.4. The molecule has 0 spiro atoms. The van der Waals surface area contributed by atoms with Gasteiger partial charge < -0.3 is 16.2 Å². The van der Waals surface area contributed by atoms with Gasteiger partial charge in [-0.1, -0.05) is 0 Å². The van der Waals surface area contributed by atoms with Crippen LogP contribution in [0, 0.1) is 0 Å². The molecule has 0 aliphatic carbocycles. The van der Waals surface area contributed by atoms with Gasteiger partial charge in [0.15, 0.2) is 0 Å². The van der Waals surface area contributed by atoms with Gasteiger partial charge >= 0.3 is 0 Å². The van der Waals surface area contributed by atoms with Crippen LogP contribution < -0.4 is 11.1 Å². The number of rotatable bonds is 3. The van der Waals surface area contributed by atoms with Crippen LogP contribution in [-0.2, 0) is 0 Å². The van der Waals surface area contributed by atoms with Gasteiger partial charge in [-0.3, -0.25) is 4.79 Å². The van der Waals surface area contributed by atoms with E-state index in [2.05, 4.69) is 10.3 Å². The predicted molar refractivity (Wildman–Crippen MR) is 52.7 cm³/mol. The highest BCUT2D eigenvalue weighted by Crippen LogP contribution is 2.00. The molecule has 5 heteroatoms. The quantitative estimate of drug-likeness (QED) is 0.622. The Balaban J connectivity index is 2.65. The monoisotopic (exact) mass is 195 g/mol. The van der Waals surface area contributed by atoms with E-state index < -0.39 is 0 Å². The van der Waals surface area contributed by atoms with Gasteiger partial charge in [-0.25, -0.2) is 4.98 Å². The van der Waals surface area contributed by atoms with E-state index in [0.29, 0.717) is 11.4 Å². The minimum Gasteiger partial charge on any atom is -0.397 e. The lowest BCUT2D eigenvalue weighted by Gasteiger charge is -2.09. The summed E-state index contributed by atoms with van der Waals surface area (Å²) in [5.41, 5.74) is 6.22. The summed E-state index contributed by atoms with van der Waals surface area (Å²) in [5.74, 6) is -0.313. The van der Waals surface area contributed by atoms with E-state index >= 15 is 0 Å². The zero-order valence-electron chi connectivity index (χ0n) is 7.90. The van der Waals surface area contributed by atoms with Crippen LogP contribution in [0.3, 0.4) is 0 Å². The number of nitrogens with two attached hydrogens (primary N) is 1. The Labute approximate surface area is 82.0 Å². The summed E-state index contributed by atoms with van der Waals surface area (Å²) in [4.78, 5) is 15.2. The molecule has 0 aromatic carbocycles. The number of amides is 1. The van der Waals surface area contributed by atoms with Gasteiger partial charge in [-0.2, -0.15) is 0 Å². The van der Waals surface area contributed by atoms with Crippen LogP contribution >= 0.6 is 0 Å². The second kappa shape index (κ2) is 4.57. The Morgan fingerprint density at radius 3 is 2.93 bits per heavy atom. The molecule has 0 saturated carbocycles. The Morgan fingerprint density at radius 2 is 2.43 bits per heavy atom. The van der Waals surface area contributed by atoms with Crippen molar-refractivity contribution in [2.75, 3.05) is 12.3 Å². The number of nitrogen functional groups attached to an aromatic ring is 1. The summed E-state index contributed by atoms with van der Waals surface area (Å²) in [6.07, 6.45) is 1.42. The van der Waals surface area contributed by atoms with E-state index in [4.69, 9.17) is 10.8 Å². The Morgan fingerprint density at radius 1 is 1.71 bits per heavy atom. The number of carbonyl (C=O) groups is 1. The van der Waals surface area contributed by atoms with Crippen LogP contribution in [0.1, 0.15) is 17.4 Å². The van der Waals surface area contributed by atoms with Gasteiger partial charge in [0.25, 0.3) is 5.91 Å². The van der Waals surface area contributed by atoms with E-state index in [-0.39, 0.29) is 18.6 Å². The number of aliphatic hydroxyl groups is 1. The molecule has 0 aliphatic heterocycles. The van der Waals surface area contributed by atoms with Crippen molar-refractivity contribution in [1.82, 2.24) is 10.3 Å². The lowest BCUT2D eigenvalue weighted by molar-refractivity contribution is 0.0917. The number of hydrogen-bond donors (Lipinski definition) is 3. The zero-order valence-corrected chi connectivity index (χ0v) is 7.90. The fourth-order valence-electron chi connectivity index (χ4n) is 0.883. The van der Waals surface area contributed by atoms with Crippen molar-refractivity contribution >= 4 is 11.6 Å². The summed E-state index contributed by atoms with van der Waals surface area (Å²) in [6.45, 7) is 1.61. The van der Waals surface area contributed by atoms with Gasteiger partial charge in [0.05, 0.1) is 18.5 Å². The molecule has 0 radical (unpaired) electrons. The molecule has 0 aliphatic rings. The largest absolute Gasteiger partial charge is 0.397 e. The molecule has 1 rings (SSSR count). The van der Waals surface area contributed by atoms with Crippen LogP contribution in [0.25, 0.3) is 0 Å². The van der Waals surface area contributed by atoms with E-state index in [9.17, 15) is 4.79 Å². The summed E-state index contributed by atoms with van der Waals surface area (Å²) in [6, 6.07) is 2.86. The van der Waals surface area contributed by atoms with Crippen LogP contribution in [-0.4, -0.2) is 28.6 Å². The van der Waals surface area contributed by atoms with Gasteiger partial charge in [0, 0.05) is 6.04 Å². The minimum atomic E-state index is -0.313. The van der Waals surface area contributed by atoms with Crippen molar-refractivity contribution < 1.29 is 9.90 Å². The molecule has 1 atom stereocenters. The SMILES string of the molecule is CC(CO)NC(=O)c1ccc(N)cn1. The summed E-state index contributed by atoms with van der Waals surface area (Å²) in [5, 5.41) is 11.3. The first-order chi connectivity index (χ1) is 6.63. The summed E-state index contributed by atoms with van der Waals surface area (Å²) < 4.78 is 0. The number of aromatic nitrogens is 1. The lowest BCUT2D eigenvalue weighted by atomic mass is 10.3. The van der Waals surface area contributed by atoms with Crippen molar-refractivity contribution in [3.8, 4) is 0 Å². The number of anilines is 1. The van der Waals surface area contributed by atoms with Crippen LogP contribution in [0.4, 0.5) is 5.69 Å². The highest BCUT2D eigenvalue weighted by Gasteiger charge is 2.09. The maximum atomic E-state index is 11.4. The average Bonchev–Trinajstić information content (AvgIpc) is 2.18. The molecule has 1 amide bonds. The third kappa shape index (κ3) is 2.70. The smallest absolute Gasteiger partial charge is 0.270 e. The molecule has 1 unspecified atom stereocenters. The summed E-state index contributed by atoms with van der Waals surface area (Å²) >= 11 is 0. The Hall–Kier alpha value is -1.62. The maximum Gasteiger partial charge on any atom is 0.270 e. The number of hydrogen-bond acceptors (Lipinski definition) is 4. The van der Waals surface area contributed by atoms with Crippen molar-refractivity contribution in [1.29, 1.82) is 0 Å². The first kappa shape index (κ1) is 10.5. The van der Waals surface area contributed by atoms with Gasteiger partial charge in [0.2, 0.25) is 0 Å². The molecule has 1 aromatic rings.